The minimum absolute atomic E-state index is 0.113. The summed E-state index contributed by atoms with van der Waals surface area (Å²) >= 11 is 0. The van der Waals surface area contributed by atoms with Gasteiger partial charge in [-0.15, -0.1) is 0 Å². The third-order valence-corrected chi connectivity index (χ3v) is 1.59. The summed E-state index contributed by atoms with van der Waals surface area (Å²) in [6.07, 6.45) is -3.01. The van der Waals surface area contributed by atoms with Crippen molar-refractivity contribution in [1.29, 1.82) is 5.41 Å². The number of hydrogen-bond donors (Lipinski definition) is 1. The van der Waals surface area contributed by atoms with Crippen LogP contribution in [0.2, 0.25) is 0 Å². The molecule has 5 heteroatoms. The quantitative estimate of drug-likeness (QED) is 0.629. The van der Waals surface area contributed by atoms with Crippen LogP contribution < -0.4 is 0 Å². The van der Waals surface area contributed by atoms with E-state index < -0.39 is 12.7 Å². The van der Waals surface area contributed by atoms with Gasteiger partial charge in [-0.2, -0.15) is 13.2 Å². The molecular weight excluding hydrogens is 157 g/mol. The van der Waals surface area contributed by atoms with Crippen molar-refractivity contribution in [3.8, 4) is 0 Å². The minimum Gasteiger partial charge on any atom is -0.351 e. The number of alkyl halides is 3. The van der Waals surface area contributed by atoms with Crippen LogP contribution in [0.15, 0.2) is 0 Å². The summed E-state index contributed by atoms with van der Waals surface area (Å²) in [7, 11) is 0. The van der Waals surface area contributed by atoms with Crippen molar-refractivity contribution in [2.75, 3.05) is 13.1 Å². The smallest absolute Gasteiger partial charge is 0.351 e. The third kappa shape index (κ3) is 2.40. The Bertz CT molecular complexity index is 164. The number of hydrogen-bond acceptors (Lipinski definition) is 1. The molecule has 1 heterocycles. The SMILES string of the molecule is N=C1CCCN1CC(F)(F)F. The molecule has 1 N–H and O–H groups in total. The molecule has 0 aromatic rings. The van der Waals surface area contributed by atoms with Crippen molar-refractivity contribution in [3.05, 3.63) is 0 Å². The lowest BCUT2D eigenvalue weighted by Crippen LogP contribution is -2.34. The first-order valence-electron chi connectivity index (χ1n) is 3.38. The second-order valence-corrected chi connectivity index (χ2v) is 2.59. The maximum Gasteiger partial charge on any atom is 0.405 e. The lowest BCUT2D eigenvalue weighted by Gasteiger charge is -2.18. The maximum absolute atomic E-state index is 11.7. The fourth-order valence-corrected chi connectivity index (χ4v) is 1.12. The zero-order chi connectivity index (χ0) is 8.48. The molecule has 0 aliphatic carbocycles. The summed E-state index contributed by atoms with van der Waals surface area (Å²) in [5, 5.41) is 7.11. The van der Waals surface area contributed by atoms with Crippen LogP contribution in [-0.4, -0.2) is 30.0 Å². The number of amidine groups is 1. The molecule has 2 nitrogen and oxygen atoms in total. The molecule has 1 aliphatic heterocycles. The van der Waals surface area contributed by atoms with Crippen molar-refractivity contribution >= 4 is 5.84 Å². The van der Waals surface area contributed by atoms with Crippen LogP contribution in [0.1, 0.15) is 12.8 Å². The highest BCUT2D eigenvalue weighted by molar-refractivity contribution is 5.80. The molecule has 0 aromatic heterocycles. The van der Waals surface area contributed by atoms with Crippen LogP contribution in [0.3, 0.4) is 0 Å². The summed E-state index contributed by atoms with van der Waals surface area (Å²) in [6, 6.07) is 0. The Morgan fingerprint density at radius 1 is 1.45 bits per heavy atom. The first-order chi connectivity index (χ1) is 4.99. The second kappa shape index (κ2) is 2.71. The number of likely N-dealkylation sites (tertiary alicyclic amines) is 1. The summed E-state index contributed by atoms with van der Waals surface area (Å²) in [5.74, 6) is 0.113. The summed E-state index contributed by atoms with van der Waals surface area (Å²) in [6.45, 7) is -0.593. The van der Waals surface area contributed by atoms with Gasteiger partial charge in [-0.05, 0) is 6.42 Å². The van der Waals surface area contributed by atoms with Crippen molar-refractivity contribution in [2.45, 2.75) is 19.0 Å². The molecule has 0 bridgehead atoms. The predicted molar refractivity (Wildman–Crippen MR) is 34.6 cm³/mol. The molecule has 0 spiro atoms. The van der Waals surface area contributed by atoms with Crippen molar-refractivity contribution in [2.24, 2.45) is 0 Å². The first kappa shape index (κ1) is 8.36. The third-order valence-electron chi connectivity index (χ3n) is 1.59. The fraction of sp³-hybridized carbons (Fsp3) is 0.833. The standard InChI is InChI=1S/C6H9F3N2/c7-6(8,9)4-11-3-1-2-5(11)10/h10H,1-4H2. The van der Waals surface area contributed by atoms with Gasteiger partial charge in [0.25, 0.3) is 0 Å². The zero-order valence-electron chi connectivity index (χ0n) is 5.91. The number of rotatable bonds is 1. The molecule has 1 aliphatic rings. The van der Waals surface area contributed by atoms with Crippen LogP contribution >= 0.6 is 0 Å². The van der Waals surface area contributed by atoms with Gasteiger partial charge >= 0.3 is 6.18 Å². The topological polar surface area (TPSA) is 27.1 Å². The molecule has 0 amide bonds. The van der Waals surface area contributed by atoms with Crippen LogP contribution in [0.25, 0.3) is 0 Å². The normalized spacial score (nSPS) is 19.5. The van der Waals surface area contributed by atoms with E-state index in [-0.39, 0.29) is 5.84 Å². The molecule has 11 heavy (non-hydrogen) atoms. The molecule has 0 unspecified atom stereocenters. The highest BCUT2D eigenvalue weighted by Crippen LogP contribution is 2.20. The van der Waals surface area contributed by atoms with Gasteiger partial charge in [-0.25, -0.2) is 0 Å². The maximum atomic E-state index is 11.7. The monoisotopic (exact) mass is 166 g/mol. The van der Waals surface area contributed by atoms with E-state index >= 15 is 0 Å². The molecule has 1 rings (SSSR count). The molecule has 64 valence electrons. The Balaban J connectivity index is 2.43. The fourth-order valence-electron chi connectivity index (χ4n) is 1.12. The Hall–Kier alpha value is -0.740. The van der Waals surface area contributed by atoms with Crippen molar-refractivity contribution < 1.29 is 13.2 Å². The average molecular weight is 166 g/mol. The molecule has 1 fully saturated rings. The van der Waals surface area contributed by atoms with Gasteiger partial charge in [0.05, 0.1) is 5.84 Å². The van der Waals surface area contributed by atoms with Crippen molar-refractivity contribution in [3.63, 3.8) is 0 Å². The van der Waals surface area contributed by atoms with E-state index in [4.69, 9.17) is 5.41 Å². The predicted octanol–water partition coefficient (Wildman–Crippen LogP) is 1.62. The highest BCUT2D eigenvalue weighted by Gasteiger charge is 2.33. The lowest BCUT2D eigenvalue weighted by molar-refractivity contribution is -0.137. The summed E-state index contributed by atoms with van der Waals surface area (Å²) in [5.41, 5.74) is 0. The van der Waals surface area contributed by atoms with Gasteiger partial charge < -0.3 is 4.90 Å². The van der Waals surface area contributed by atoms with E-state index in [1.54, 1.807) is 0 Å². The summed E-state index contributed by atoms with van der Waals surface area (Å²) < 4.78 is 35.2. The molecular formula is C6H9F3N2. The van der Waals surface area contributed by atoms with Gasteiger partial charge in [0.15, 0.2) is 0 Å². The lowest BCUT2D eigenvalue weighted by atomic mass is 10.4. The zero-order valence-corrected chi connectivity index (χ0v) is 5.91. The van der Waals surface area contributed by atoms with Gasteiger partial charge in [0.1, 0.15) is 6.54 Å². The average Bonchev–Trinajstić information content (AvgIpc) is 2.12. The Morgan fingerprint density at radius 3 is 2.45 bits per heavy atom. The summed E-state index contributed by atoms with van der Waals surface area (Å²) in [4.78, 5) is 1.07. The van der Waals surface area contributed by atoms with E-state index in [2.05, 4.69) is 0 Å². The van der Waals surface area contributed by atoms with Crippen LogP contribution in [0.4, 0.5) is 13.2 Å². The number of nitrogens with zero attached hydrogens (tertiary/aromatic N) is 1. The van der Waals surface area contributed by atoms with Crippen molar-refractivity contribution in [1.82, 2.24) is 4.90 Å². The Labute approximate surface area is 62.5 Å². The van der Waals surface area contributed by atoms with E-state index in [1.807, 2.05) is 0 Å². The molecule has 0 aromatic carbocycles. The largest absolute Gasteiger partial charge is 0.405 e. The number of nitrogens with one attached hydrogen (secondary N) is 1. The molecule has 1 saturated heterocycles. The molecule has 0 radical (unpaired) electrons. The molecule has 0 saturated carbocycles. The highest BCUT2D eigenvalue weighted by atomic mass is 19.4. The van der Waals surface area contributed by atoms with Crippen LogP contribution in [0.5, 0.6) is 0 Å². The van der Waals surface area contributed by atoms with Crippen LogP contribution in [-0.2, 0) is 0 Å². The number of halogens is 3. The molecule has 0 atom stereocenters. The van der Waals surface area contributed by atoms with Gasteiger partial charge in [-0.1, -0.05) is 0 Å². The van der Waals surface area contributed by atoms with Gasteiger partial charge in [0, 0.05) is 13.0 Å². The van der Waals surface area contributed by atoms with E-state index in [9.17, 15) is 13.2 Å². The minimum atomic E-state index is -4.17. The first-order valence-corrected chi connectivity index (χ1v) is 3.38. The van der Waals surface area contributed by atoms with Gasteiger partial charge in [-0.3, -0.25) is 5.41 Å². The van der Waals surface area contributed by atoms with Crippen LogP contribution in [0, 0.1) is 5.41 Å². The van der Waals surface area contributed by atoms with E-state index in [0.29, 0.717) is 19.4 Å². The van der Waals surface area contributed by atoms with E-state index in [1.165, 1.54) is 0 Å². The second-order valence-electron chi connectivity index (χ2n) is 2.59. The Kier molecular flexibility index (Phi) is 2.06. The van der Waals surface area contributed by atoms with E-state index in [0.717, 1.165) is 4.90 Å². The Morgan fingerprint density at radius 2 is 2.09 bits per heavy atom. The van der Waals surface area contributed by atoms with Gasteiger partial charge in [0.2, 0.25) is 0 Å².